The summed E-state index contributed by atoms with van der Waals surface area (Å²) in [5, 5.41) is 23.3. The van der Waals surface area contributed by atoms with Crippen LogP contribution in [0.25, 0.3) is 21.5 Å². The lowest BCUT2D eigenvalue weighted by atomic mass is 10.1. The number of phenolic OH excluding ortho intramolecular Hbond substituents is 2. The molecule has 19 heavy (non-hydrogen) atoms. The Kier molecular flexibility index (Phi) is 2.30. The molecule has 0 amide bonds. The van der Waals surface area contributed by atoms with E-state index in [1.807, 2.05) is 12.1 Å². The van der Waals surface area contributed by atoms with Crippen LogP contribution in [0.5, 0.6) is 11.5 Å². The Hall–Kier alpha value is -2.16. The Morgan fingerprint density at radius 2 is 1.26 bits per heavy atom. The molecule has 3 heteroatoms. The number of phenols is 2. The molecule has 2 aromatic carbocycles. The summed E-state index contributed by atoms with van der Waals surface area (Å²) < 4.78 is 2.14. The Balaban J connectivity index is 2.38. The molecular formula is C16H17NO2. The fraction of sp³-hybridized carbons (Fsp3) is 0.250. The van der Waals surface area contributed by atoms with Gasteiger partial charge in [0.25, 0.3) is 0 Å². The van der Waals surface area contributed by atoms with Gasteiger partial charge in [-0.15, -0.1) is 0 Å². The minimum absolute atomic E-state index is 0.00922. The number of hydrogen-bond acceptors (Lipinski definition) is 2. The molecule has 0 aliphatic carbocycles. The summed E-state index contributed by atoms with van der Waals surface area (Å²) in [6.07, 6.45) is 4.14. The lowest BCUT2D eigenvalue weighted by molar-refractivity contribution is 0.399. The van der Waals surface area contributed by atoms with Crippen molar-refractivity contribution in [3.8, 4) is 11.5 Å². The molecule has 0 unspecified atom stereocenters. The van der Waals surface area contributed by atoms with E-state index in [1.54, 1.807) is 0 Å². The van der Waals surface area contributed by atoms with Gasteiger partial charge < -0.3 is 14.8 Å². The molecule has 3 nitrogen and oxygen atoms in total. The van der Waals surface area contributed by atoms with Crippen LogP contribution in [0, 0.1) is 0 Å². The van der Waals surface area contributed by atoms with Gasteiger partial charge in [-0.2, -0.15) is 0 Å². The largest absolute Gasteiger partial charge is 0.507 e. The van der Waals surface area contributed by atoms with Crippen LogP contribution >= 0.6 is 0 Å². The molecule has 2 N–H and O–H groups in total. The molecule has 0 saturated carbocycles. The summed E-state index contributed by atoms with van der Waals surface area (Å²) in [7, 11) is 0. The van der Waals surface area contributed by atoms with Crippen LogP contribution in [0.15, 0.2) is 36.7 Å². The molecule has 3 rings (SSSR count). The third-order valence-electron chi connectivity index (χ3n) is 3.51. The smallest absolute Gasteiger partial charge is 0.123 e. The molecule has 98 valence electrons. The summed E-state index contributed by atoms with van der Waals surface area (Å²) in [4.78, 5) is 0. The molecule has 0 bridgehead atoms. The Morgan fingerprint density at radius 3 is 1.63 bits per heavy atom. The SMILES string of the molecule is CC(C)(C)n1cc2cc3c(O)ccc(O)c3cc2c1. The van der Waals surface area contributed by atoms with Crippen molar-refractivity contribution in [3.63, 3.8) is 0 Å². The highest BCUT2D eigenvalue weighted by molar-refractivity contribution is 6.03. The first-order valence-electron chi connectivity index (χ1n) is 6.33. The molecule has 0 aliphatic rings. The van der Waals surface area contributed by atoms with E-state index in [9.17, 15) is 10.2 Å². The number of nitrogens with zero attached hydrogens (tertiary/aromatic N) is 1. The molecule has 0 atom stereocenters. The maximum atomic E-state index is 9.90. The second kappa shape index (κ2) is 3.67. The molecule has 0 spiro atoms. The van der Waals surface area contributed by atoms with Crippen LogP contribution in [0.2, 0.25) is 0 Å². The van der Waals surface area contributed by atoms with E-state index in [2.05, 4.69) is 37.7 Å². The summed E-state index contributed by atoms with van der Waals surface area (Å²) >= 11 is 0. The van der Waals surface area contributed by atoms with Crippen LogP contribution in [-0.2, 0) is 5.54 Å². The maximum Gasteiger partial charge on any atom is 0.123 e. The van der Waals surface area contributed by atoms with Crippen LogP contribution in [0.3, 0.4) is 0 Å². The molecular weight excluding hydrogens is 238 g/mol. The number of aromatic hydroxyl groups is 2. The van der Waals surface area contributed by atoms with Crippen LogP contribution < -0.4 is 0 Å². The van der Waals surface area contributed by atoms with Gasteiger partial charge in [-0.3, -0.25) is 0 Å². The Labute approximate surface area is 111 Å². The van der Waals surface area contributed by atoms with Gasteiger partial charge in [-0.05, 0) is 45.0 Å². The van der Waals surface area contributed by atoms with Gasteiger partial charge in [0.05, 0.1) is 0 Å². The number of fused-ring (bicyclic) bond motifs is 2. The highest BCUT2D eigenvalue weighted by Crippen LogP contribution is 2.35. The van der Waals surface area contributed by atoms with Crippen molar-refractivity contribution in [1.29, 1.82) is 0 Å². The van der Waals surface area contributed by atoms with Crippen molar-refractivity contribution in [1.82, 2.24) is 4.57 Å². The first-order chi connectivity index (χ1) is 8.86. The zero-order chi connectivity index (χ0) is 13.8. The molecule has 0 aliphatic heterocycles. The molecule has 0 fully saturated rings. The van der Waals surface area contributed by atoms with Crippen molar-refractivity contribution < 1.29 is 10.2 Å². The van der Waals surface area contributed by atoms with Crippen LogP contribution in [-0.4, -0.2) is 14.8 Å². The van der Waals surface area contributed by atoms with Gasteiger partial charge in [-0.1, -0.05) is 0 Å². The highest BCUT2D eigenvalue weighted by Gasteiger charge is 2.14. The van der Waals surface area contributed by atoms with E-state index in [0.29, 0.717) is 10.8 Å². The van der Waals surface area contributed by atoms with Gasteiger partial charge in [0.1, 0.15) is 11.5 Å². The van der Waals surface area contributed by atoms with Gasteiger partial charge in [0.2, 0.25) is 0 Å². The first-order valence-corrected chi connectivity index (χ1v) is 6.33. The predicted octanol–water partition coefficient (Wildman–Crippen LogP) is 3.96. The van der Waals surface area contributed by atoms with Gasteiger partial charge in [0.15, 0.2) is 0 Å². The zero-order valence-corrected chi connectivity index (χ0v) is 11.3. The van der Waals surface area contributed by atoms with E-state index in [-0.39, 0.29) is 17.0 Å². The quantitative estimate of drug-likeness (QED) is 0.597. The molecule has 1 aromatic heterocycles. The van der Waals surface area contributed by atoms with E-state index >= 15 is 0 Å². The number of rotatable bonds is 0. The molecule has 0 radical (unpaired) electrons. The summed E-state index contributed by atoms with van der Waals surface area (Å²) in [6.45, 7) is 6.42. The van der Waals surface area contributed by atoms with Crippen LogP contribution in [0.1, 0.15) is 20.8 Å². The van der Waals surface area contributed by atoms with E-state index in [4.69, 9.17) is 0 Å². The Morgan fingerprint density at radius 1 is 0.842 bits per heavy atom. The third kappa shape index (κ3) is 1.82. The fourth-order valence-electron chi connectivity index (χ4n) is 2.34. The fourth-order valence-corrected chi connectivity index (χ4v) is 2.34. The second-order valence-corrected chi connectivity index (χ2v) is 5.97. The van der Waals surface area contributed by atoms with Crippen molar-refractivity contribution in [2.75, 3.05) is 0 Å². The van der Waals surface area contributed by atoms with E-state index in [0.717, 1.165) is 10.8 Å². The normalized spacial score (nSPS) is 12.4. The maximum absolute atomic E-state index is 9.90. The first kappa shape index (κ1) is 11.9. The van der Waals surface area contributed by atoms with Gasteiger partial charge in [-0.25, -0.2) is 0 Å². The lowest BCUT2D eigenvalue weighted by Gasteiger charge is -2.20. The lowest BCUT2D eigenvalue weighted by Crippen LogP contribution is -2.19. The van der Waals surface area contributed by atoms with E-state index < -0.39 is 0 Å². The van der Waals surface area contributed by atoms with Crippen molar-refractivity contribution >= 4 is 21.5 Å². The number of aromatic nitrogens is 1. The molecule has 1 heterocycles. The highest BCUT2D eigenvalue weighted by atomic mass is 16.3. The van der Waals surface area contributed by atoms with E-state index in [1.165, 1.54) is 12.1 Å². The van der Waals surface area contributed by atoms with Crippen molar-refractivity contribution in [2.24, 2.45) is 0 Å². The van der Waals surface area contributed by atoms with Crippen LogP contribution in [0.4, 0.5) is 0 Å². The predicted molar refractivity (Wildman–Crippen MR) is 77.8 cm³/mol. The third-order valence-corrected chi connectivity index (χ3v) is 3.51. The topological polar surface area (TPSA) is 45.4 Å². The number of benzene rings is 2. The minimum atomic E-state index is 0.00922. The van der Waals surface area contributed by atoms with Gasteiger partial charge >= 0.3 is 0 Å². The monoisotopic (exact) mass is 255 g/mol. The molecule has 3 aromatic rings. The summed E-state index contributed by atoms with van der Waals surface area (Å²) in [5.74, 6) is 0.386. The standard InChI is InChI=1S/C16H17NO2/c1-16(2,3)17-8-10-6-12-13(7-11(10)9-17)15(19)5-4-14(12)18/h4-9,18-19H,1-3H3. The average Bonchev–Trinajstić information content (AvgIpc) is 2.75. The van der Waals surface area contributed by atoms with Gasteiger partial charge in [0, 0.05) is 39.5 Å². The second-order valence-electron chi connectivity index (χ2n) is 5.97. The van der Waals surface area contributed by atoms with Crippen molar-refractivity contribution in [2.45, 2.75) is 26.3 Å². The Bertz CT molecular complexity index is 720. The zero-order valence-electron chi connectivity index (χ0n) is 11.3. The van der Waals surface area contributed by atoms with Crippen molar-refractivity contribution in [3.05, 3.63) is 36.7 Å². The average molecular weight is 255 g/mol. The minimum Gasteiger partial charge on any atom is -0.507 e. The number of hydrogen-bond donors (Lipinski definition) is 2. The summed E-state index contributed by atoms with van der Waals surface area (Å²) in [5.41, 5.74) is 0.00922. The molecule has 0 saturated heterocycles. The summed E-state index contributed by atoms with van der Waals surface area (Å²) in [6, 6.07) is 6.87.